The van der Waals surface area contributed by atoms with Crippen LogP contribution in [0.1, 0.15) is 101 Å². The summed E-state index contributed by atoms with van der Waals surface area (Å²) in [7, 11) is 0. The number of aryl methyl sites for hydroxylation is 2. The second kappa shape index (κ2) is 9.97. The molecule has 2 fully saturated rings. The Bertz CT molecular complexity index is 827. The molecule has 0 amide bonds. The summed E-state index contributed by atoms with van der Waals surface area (Å²) >= 11 is 0. The quantitative estimate of drug-likeness (QED) is 0.309. The molecule has 2 aliphatic heterocycles. The summed E-state index contributed by atoms with van der Waals surface area (Å²) in [6, 6.07) is 8.17. The summed E-state index contributed by atoms with van der Waals surface area (Å²) in [5, 5.41) is 0. The van der Waals surface area contributed by atoms with Gasteiger partial charge in [-0.3, -0.25) is 0 Å². The van der Waals surface area contributed by atoms with Crippen LogP contribution >= 0.6 is 0 Å². The standard InChI is InChI=1S/C28H42O5/c1-7-27(21(5)32-25(27)23-14-12-19(3)30-23)16-10-9-11-17-29-18-28(8-2)22(6)33-26(28)24-15-13-20(4)31-24/h12-15,21-22,25-26H,7-11,16-18H2,1-6H3. The van der Waals surface area contributed by atoms with E-state index in [1.807, 2.05) is 32.0 Å². The molecule has 2 saturated heterocycles. The van der Waals surface area contributed by atoms with Crippen molar-refractivity contribution in [1.82, 2.24) is 0 Å². The van der Waals surface area contributed by atoms with Crippen molar-refractivity contribution in [3.8, 4) is 0 Å². The normalized spacial score (nSPS) is 33.6. The van der Waals surface area contributed by atoms with Crippen LogP contribution in [0, 0.1) is 24.7 Å². The first kappa shape index (κ1) is 24.6. The van der Waals surface area contributed by atoms with Crippen molar-refractivity contribution in [3.05, 3.63) is 47.3 Å². The Morgan fingerprint density at radius 3 is 1.76 bits per heavy atom. The first-order valence-electron chi connectivity index (χ1n) is 12.9. The van der Waals surface area contributed by atoms with Gasteiger partial charge in [-0.05, 0) is 77.6 Å². The van der Waals surface area contributed by atoms with Crippen molar-refractivity contribution in [2.75, 3.05) is 13.2 Å². The fourth-order valence-electron chi connectivity index (χ4n) is 5.97. The lowest BCUT2D eigenvalue weighted by molar-refractivity contribution is -0.274. The molecule has 4 heterocycles. The van der Waals surface area contributed by atoms with Crippen molar-refractivity contribution in [3.63, 3.8) is 0 Å². The number of hydrogen-bond acceptors (Lipinski definition) is 5. The third kappa shape index (κ3) is 4.44. The summed E-state index contributed by atoms with van der Waals surface area (Å²) in [6.45, 7) is 14.4. The average Bonchev–Trinajstić information content (AvgIpc) is 3.42. The minimum absolute atomic E-state index is 0.00196. The maximum Gasteiger partial charge on any atom is 0.133 e. The molecule has 2 aromatic rings. The fraction of sp³-hybridized carbons (Fsp3) is 0.714. The number of furan rings is 2. The molecule has 0 saturated carbocycles. The molecule has 0 N–H and O–H groups in total. The lowest BCUT2D eigenvalue weighted by Crippen LogP contribution is -2.55. The van der Waals surface area contributed by atoms with Crippen LogP contribution < -0.4 is 0 Å². The van der Waals surface area contributed by atoms with Gasteiger partial charge in [0.25, 0.3) is 0 Å². The Balaban J connectivity index is 1.22. The molecule has 0 aliphatic carbocycles. The molecule has 6 atom stereocenters. The number of unbranched alkanes of at least 4 members (excludes halogenated alkanes) is 2. The molecule has 6 unspecified atom stereocenters. The minimum Gasteiger partial charge on any atom is -0.464 e. The molecule has 0 radical (unpaired) electrons. The Morgan fingerprint density at radius 1 is 0.758 bits per heavy atom. The van der Waals surface area contributed by atoms with Crippen LogP contribution in [0.3, 0.4) is 0 Å². The Hall–Kier alpha value is -1.56. The zero-order chi connectivity index (χ0) is 23.6. The van der Waals surface area contributed by atoms with Gasteiger partial charge in [-0.2, -0.15) is 0 Å². The molecule has 5 nitrogen and oxygen atoms in total. The molecule has 2 aromatic heterocycles. The van der Waals surface area contributed by atoms with E-state index in [-0.39, 0.29) is 35.2 Å². The molecule has 33 heavy (non-hydrogen) atoms. The average molecular weight is 459 g/mol. The van der Waals surface area contributed by atoms with E-state index in [9.17, 15) is 0 Å². The third-order valence-corrected chi connectivity index (χ3v) is 8.50. The summed E-state index contributed by atoms with van der Waals surface area (Å²) in [5.41, 5.74) is 0.189. The number of hydrogen-bond donors (Lipinski definition) is 0. The first-order valence-corrected chi connectivity index (χ1v) is 12.9. The molecule has 184 valence electrons. The van der Waals surface area contributed by atoms with Crippen molar-refractivity contribution in [2.45, 2.75) is 104 Å². The van der Waals surface area contributed by atoms with Gasteiger partial charge in [0.2, 0.25) is 0 Å². The Labute approximate surface area is 199 Å². The topological polar surface area (TPSA) is 54.0 Å². The van der Waals surface area contributed by atoms with Gasteiger partial charge >= 0.3 is 0 Å². The summed E-state index contributed by atoms with van der Waals surface area (Å²) in [6.07, 6.45) is 7.29. The monoisotopic (exact) mass is 458 g/mol. The van der Waals surface area contributed by atoms with Crippen molar-refractivity contribution in [1.29, 1.82) is 0 Å². The predicted molar refractivity (Wildman–Crippen MR) is 128 cm³/mol. The van der Waals surface area contributed by atoms with E-state index >= 15 is 0 Å². The van der Waals surface area contributed by atoms with E-state index in [1.165, 1.54) is 19.3 Å². The van der Waals surface area contributed by atoms with Gasteiger partial charge in [0, 0.05) is 12.0 Å². The summed E-state index contributed by atoms with van der Waals surface area (Å²) < 4.78 is 30.2. The van der Waals surface area contributed by atoms with Gasteiger partial charge in [-0.25, -0.2) is 0 Å². The molecular weight excluding hydrogens is 416 g/mol. The molecule has 0 bridgehead atoms. The van der Waals surface area contributed by atoms with Crippen LogP contribution in [-0.2, 0) is 14.2 Å². The van der Waals surface area contributed by atoms with Crippen LogP contribution in [0.4, 0.5) is 0 Å². The van der Waals surface area contributed by atoms with E-state index < -0.39 is 0 Å². The molecular formula is C28H42O5. The molecule has 0 aromatic carbocycles. The highest BCUT2D eigenvalue weighted by Crippen LogP contribution is 2.57. The summed E-state index contributed by atoms with van der Waals surface area (Å²) in [4.78, 5) is 0. The fourth-order valence-corrected chi connectivity index (χ4v) is 5.97. The lowest BCUT2D eigenvalue weighted by Gasteiger charge is -2.54. The van der Waals surface area contributed by atoms with Gasteiger partial charge in [-0.15, -0.1) is 0 Å². The number of ether oxygens (including phenoxy) is 3. The molecule has 5 heteroatoms. The Kier molecular flexibility index (Phi) is 7.42. The van der Waals surface area contributed by atoms with Crippen LogP contribution in [0.25, 0.3) is 0 Å². The SMILES string of the molecule is CCC1(CCCCCOCC2(CC)C(C)OC2c2ccc(C)o2)C(C)OC1c1ccc(C)o1. The highest BCUT2D eigenvalue weighted by atomic mass is 16.5. The van der Waals surface area contributed by atoms with Crippen molar-refractivity contribution in [2.24, 2.45) is 10.8 Å². The summed E-state index contributed by atoms with van der Waals surface area (Å²) in [5.74, 6) is 3.80. The molecule has 2 aliphatic rings. The van der Waals surface area contributed by atoms with Crippen LogP contribution in [-0.4, -0.2) is 25.4 Å². The number of rotatable bonds is 12. The van der Waals surface area contributed by atoms with E-state index in [0.29, 0.717) is 0 Å². The van der Waals surface area contributed by atoms with E-state index in [0.717, 1.165) is 55.5 Å². The van der Waals surface area contributed by atoms with Gasteiger partial charge in [0.05, 0.1) is 24.2 Å². The van der Waals surface area contributed by atoms with E-state index in [2.05, 4.69) is 33.8 Å². The molecule has 0 spiro atoms. The van der Waals surface area contributed by atoms with Crippen molar-refractivity contribution < 1.29 is 23.0 Å². The lowest BCUT2D eigenvalue weighted by atomic mass is 9.66. The van der Waals surface area contributed by atoms with Crippen LogP contribution in [0.15, 0.2) is 33.1 Å². The largest absolute Gasteiger partial charge is 0.464 e. The predicted octanol–water partition coefficient (Wildman–Crippen LogP) is 7.48. The van der Waals surface area contributed by atoms with E-state index in [4.69, 9.17) is 23.0 Å². The third-order valence-electron chi connectivity index (χ3n) is 8.50. The second-order valence-electron chi connectivity index (χ2n) is 10.3. The van der Waals surface area contributed by atoms with Gasteiger partial charge in [-0.1, -0.05) is 26.7 Å². The smallest absolute Gasteiger partial charge is 0.133 e. The van der Waals surface area contributed by atoms with Crippen LogP contribution in [0.2, 0.25) is 0 Å². The highest BCUT2D eigenvalue weighted by Gasteiger charge is 2.56. The maximum atomic E-state index is 6.21. The second-order valence-corrected chi connectivity index (χ2v) is 10.3. The van der Waals surface area contributed by atoms with Gasteiger partial charge in [0.1, 0.15) is 35.2 Å². The zero-order valence-corrected chi connectivity index (χ0v) is 21.3. The maximum absolute atomic E-state index is 6.21. The zero-order valence-electron chi connectivity index (χ0n) is 21.3. The highest BCUT2D eigenvalue weighted by molar-refractivity contribution is 5.17. The van der Waals surface area contributed by atoms with Gasteiger partial charge < -0.3 is 23.0 Å². The first-order chi connectivity index (χ1) is 15.9. The van der Waals surface area contributed by atoms with Gasteiger partial charge in [0.15, 0.2) is 0 Å². The van der Waals surface area contributed by atoms with Crippen molar-refractivity contribution >= 4 is 0 Å². The Morgan fingerprint density at radius 2 is 1.30 bits per heavy atom. The minimum atomic E-state index is -0.00196. The molecule has 4 rings (SSSR count). The van der Waals surface area contributed by atoms with Crippen LogP contribution in [0.5, 0.6) is 0 Å². The van der Waals surface area contributed by atoms with E-state index in [1.54, 1.807) is 0 Å².